The van der Waals surface area contributed by atoms with E-state index >= 15 is 0 Å². The van der Waals surface area contributed by atoms with Crippen molar-refractivity contribution < 1.29 is 14.3 Å². The summed E-state index contributed by atoms with van der Waals surface area (Å²) in [6.45, 7) is 2.55. The number of ketones is 1. The van der Waals surface area contributed by atoms with Gasteiger partial charge in [0.05, 0.1) is 12.1 Å². The van der Waals surface area contributed by atoms with E-state index in [1.54, 1.807) is 7.05 Å². The molecule has 4 rings (SSSR count). The van der Waals surface area contributed by atoms with Crippen molar-refractivity contribution in [1.82, 2.24) is 10.2 Å². The first-order valence-corrected chi connectivity index (χ1v) is 12.4. The number of para-hydroxylation sites is 1. The van der Waals surface area contributed by atoms with Crippen LogP contribution in [0.4, 0.5) is 0 Å². The van der Waals surface area contributed by atoms with Crippen LogP contribution < -0.4 is 10.1 Å². The molecule has 0 bridgehead atoms. The maximum atomic E-state index is 13.9. The third kappa shape index (κ3) is 6.37. The number of hydrogen-bond donors (Lipinski definition) is 1. The SMILES string of the molecule is CN[C@@H](C)C(=O)C[C@@H](Cc1ccccc1)C(=O)N1CCC[C@H]1c1cccc(Oc2ccccc2)c1. The zero-order valence-electron chi connectivity index (χ0n) is 20.5. The molecule has 3 aromatic rings. The number of carbonyl (C=O) groups is 2. The van der Waals surface area contributed by atoms with Crippen LogP contribution in [0, 0.1) is 5.92 Å². The summed E-state index contributed by atoms with van der Waals surface area (Å²) >= 11 is 0. The van der Waals surface area contributed by atoms with E-state index in [-0.39, 0.29) is 36.1 Å². The lowest BCUT2D eigenvalue weighted by Crippen LogP contribution is -2.40. The van der Waals surface area contributed by atoms with Crippen LogP contribution in [-0.2, 0) is 16.0 Å². The lowest BCUT2D eigenvalue weighted by atomic mass is 9.90. The highest BCUT2D eigenvalue weighted by molar-refractivity contribution is 5.90. The predicted molar refractivity (Wildman–Crippen MR) is 138 cm³/mol. The van der Waals surface area contributed by atoms with E-state index in [9.17, 15) is 9.59 Å². The Hall–Kier alpha value is -3.44. The Balaban J connectivity index is 1.54. The molecule has 5 nitrogen and oxygen atoms in total. The molecule has 0 unspecified atom stereocenters. The quantitative estimate of drug-likeness (QED) is 0.421. The van der Waals surface area contributed by atoms with Gasteiger partial charge in [0.25, 0.3) is 0 Å². The molecule has 1 aliphatic heterocycles. The van der Waals surface area contributed by atoms with Gasteiger partial charge in [-0.1, -0.05) is 60.7 Å². The molecule has 35 heavy (non-hydrogen) atoms. The first-order valence-electron chi connectivity index (χ1n) is 12.4. The van der Waals surface area contributed by atoms with Gasteiger partial charge in [-0.25, -0.2) is 0 Å². The van der Waals surface area contributed by atoms with E-state index in [1.165, 1.54) is 0 Å². The highest BCUT2D eigenvalue weighted by atomic mass is 16.5. The second-order valence-corrected chi connectivity index (χ2v) is 9.24. The summed E-state index contributed by atoms with van der Waals surface area (Å²) in [5, 5.41) is 3.01. The average molecular weight is 471 g/mol. The molecular weight excluding hydrogens is 436 g/mol. The van der Waals surface area contributed by atoms with Crippen LogP contribution in [0.15, 0.2) is 84.9 Å². The van der Waals surface area contributed by atoms with Crippen LogP contribution in [0.3, 0.4) is 0 Å². The van der Waals surface area contributed by atoms with Crippen molar-refractivity contribution in [1.29, 1.82) is 0 Å². The van der Waals surface area contributed by atoms with Gasteiger partial charge in [-0.3, -0.25) is 9.59 Å². The Bertz CT molecular complexity index is 1120. The minimum Gasteiger partial charge on any atom is -0.457 e. The van der Waals surface area contributed by atoms with Crippen molar-refractivity contribution in [3.8, 4) is 11.5 Å². The topological polar surface area (TPSA) is 58.6 Å². The van der Waals surface area contributed by atoms with E-state index < -0.39 is 0 Å². The first kappa shape index (κ1) is 24.7. The molecule has 3 aromatic carbocycles. The molecule has 0 saturated carbocycles. The van der Waals surface area contributed by atoms with Crippen LogP contribution >= 0.6 is 0 Å². The Kier molecular flexibility index (Phi) is 8.32. The Morgan fingerprint density at radius 2 is 1.66 bits per heavy atom. The predicted octanol–water partition coefficient (Wildman–Crippen LogP) is 5.57. The second kappa shape index (κ2) is 11.8. The molecule has 0 aliphatic carbocycles. The van der Waals surface area contributed by atoms with E-state index in [0.29, 0.717) is 13.0 Å². The molecule has 1 heterocycles. The monoisotopic (exact) mass is 470 g/mol. The zero-order chi connectivity index (χ0) is 24.6. The third-order valence-corrected chi connectivity index (χ3v) is 6.80. The van der Waals surface area contributed by atoms with Gasteiger partial charge < -0.3 is 15.0 Å². The molecule has 1 amide bonds. The molecule has 0 spiro atoms. The largest absolute Gasteiger partial charge is 0.457 e. The fraction of sp³-hybridized carbons (Fsp3) is 0.333. The van der Waals surface area contributed by atoms with Crippen molar-refractivity contribution in [2.45, 2.75) is 44.7 Å². The standard InChI is InChI=1S/C30H34N2O3/c1-22(31-2)29(33)21-25(19-23-11-5-3-6-12-23)30(34)32-18-10-17-28(32)24-13-9-16-27(20-24)35-26-14-7-4-8-15-26/h3-9,11-16,20,22,25,28,31H,10,17-19,21H2,1-2H3/t22-,25+,28-/m0/s1. The molecule has 1 N–H and O–H groups in total. The van der Waals surface area contributed by atoms with Crippen LogP contribution in [0.1, 0.15) is 43.4 Å². The maximum Gasteiger partial charge on any atom is 0.226 e. The zero-order valence-corrected chi connectivity index (χ0v) is 20.5. The number of likely N-dealkylation sites (N-methyl/N-ethyl adjacent to an activating group) is 1. The molecule has 1 fully saturated rings. The van der Waals surface area contributed by atoms with Gasteiger partial charge in [-0.15, -0.1) is 0 Å². The highest BCUT2D eigenvalue weighted by Crippen LogP contribution is 2.36. The van der Waals surface area contributed by atoms with Gasteiger partial charge in [0.2, 0.25) is 5.91 Å². The first-order chi connectivity index (χ1) is 17.0. The lowest BCUT2D eigenvalue weighted by Gasteiger charge is -2.30. The second-order valence-electron chi connectivity index (χ2n) is 9.24. The minimum absolute atomic E-state index is 0.0167. The van der Waals surface area contributed by atoms with E-state index in [2.05, 4.69) is 11.4 Å². The number of ether oxygens (including phenoxy) is 1. The van der Waals surface area contributed by atoms with Gasteiger partial charge in [0, 0.05) is 18.9 Å². The number of nitrogens with zero attached hydrogens (tertiary/aromatic N) is 1. The Morgan fingerprint density at radius 1 is 0.971 bits per heavy atom. The normalized spacial score (nSPS) is 17.1. The molecule has 1 aliphatic rings. The number of nitrogens with one attached hydrogen (secondary N) is 1. The van der Waals surface area contributed by atoms with E-state index in [1.807, 2.05) is 90.7 Å². The van der Waals surface area contributed by atoms with E-state index in [0.717, 1.165) is 35.5 Å². The number of hydrogen-bond acceptors (Lipinski definition) is 4. The van der Waals surface area contributed by atoms with Crippen LogP contribution in [-0.4, -0.2) is 36.2 Å². The molecule has 0 aromatic heterocycles. The minimum atomic E-state index is -0.384. The van der Waals surface area contributed by atoms with Gasteiger partial charge in [-0.2, -0.15) is 0 Å². The van der Waals surface area contributed by atoms with Crippen molar-refractivity contribution >= 4 is 11.7 Å². The molecule has 3 atom stereocenters. The fourth-order valence-corrected chi connectivity index (χ4v) is 4.75. The van der Waals surface area contributed by atoms with Crippen LogP contribution in [0.2, 0.25) is 0 Å². The summed E-state index contributed by atoms with van der Waals surface area (Å²) in [4.78, 5) is 28.7. The van der Waals surface area contributed by atoms with Gasteiger partial charge in [0.1, 0.15) is 17.3 Å². The number of rotatable bonds is 10. The van der Waals surface area contributed by atoms with Crippen molar-refractivity contribution in [2.75, 3.05) is 13.6 Å². The average Bonchev–Trinajstić information content (AvgIpc) is 3.39. The summed E-state index contributed by atoms with van der Waals surface area (Å²) in [6, 6.07) is 27.4. The molecule has 182 valence electrons. The Morgan fingerprint density at radius 3 is 2.37 bits per heavy atom. The molecule has 5 heteroatoms. The van der Waals surface area contributed by atoms with Gasteiger partial charge in [0.15, 0.2) is 0 Å². The van der Waals surface area contributed by atoms with E-state index in [4.69, 9.17) is 4.74 Å². The summed E-state index contributed by atoms with van der Waals surface area (Å²) < 4.78 is 6.04. The number of carbonyl (C=O) groups excluding carboxylic acids is 2. The summed E-state index contributed by atoms with van der Waals surface area (Å²) in [7, 11) is 1.78. The van der Waals surface area contributed by atoms with Gasteiger partial charge in [-0.05, 0) is 68.6 Å². The molecular formula is C30H34N2O3. The Labute approximate surface area is 208 Å². The smallest absolute Gasteiger partial charge is 0.226 e. The van der Waals surface area contributed by atoms with Gasteiger partial charge >= 0.3 is 0 Å². The third-order valence-electron chi connectivity index (χ3n) is 6.80. The molecule has 0 radical (unpaired) electrons. The number of likely N-dealkylation sites (tertiary alicyclic amines) is 1. The summed E-state index contributed by atoms with van der Waals surface area (Å²) in [5.41, 5.74) is 2.14. The summed E-state index contributed by atoms with van der Waals surface area (Å²) in [5.74, 6) is 1.28. The summed E-state index contributed by atoms with van der Waals surface area (Å²) in [6.07, 6.45) is 2.64. The number of amides is 1. The van der Waals surface area contributed by atoms with Crippen molar-refractivity contribution in [3.05, 3.63) is 96.1 Å². The maximum absolute atomic E-state index is 13.9. The number of Topliss-reactive ketones (excluding diaryl/α,β-unsaturated/α-hetero) is 1. The highest BCUT2D eigenvalue weighted by Gasteiger charge is 2.35. The molecule has 1 saturated heterocycles. The lowest BCUT2D eigenvalue weighted by molar-refractivity contribution is -0.139. The number of benzene rings is 3. The van der Waals surface area contributed by atoms with Crippen molar-refractivity contribution in [2.24, 2.45) is 5.92 Å². The van der Waals surface area contributed by atoms with Crippen molar-refractivity contribution in [3.63, 3.8) is 0 Å². The van der Waals surface area contributed by atoms with Crippen LogP contribution in [0.25, 0.3) is 0 Å². The van der Waals surface area contributed by atoms with Crippen LogP contribution in [0.5, 0.6) is 11.5 Å². The fourth-order valence-electron chi connectivity index (χ4n) is 4.75.